The van der Waals surface area contributed by atoms with Crippen molar-refractivity contribution in [1.82, 2.24) is 0 Å². The standard InChI is InChI=1S/C17H21NS/c1-5-14-8-11-16(18(3)4)17(12-14)19-15-9-6-13(2)7-10-15/h6-12H,5H2,1-4H3. The van der Waals surface area contributed by atoms with Crippen molar-refractivity contribution in [2.75, 3.05) is 19.0 Å². The second kappa shape index (κ2) is 6.16. The molecule has 0 aliphatic carbocycles. The number of hydrogen-bond acceptors (Lipinski definition) is 2. The van der Waals surface area contributed by atoms with Gasteiger partial charge in [-0.3, -0.25) is 0 Å². The highest BCUT2D eigenvalue weighted by Gasteiger charge is 2.07. The lowest BCUT2D eigenvalue weighted by molar-refractivity contribution is 1.07. The van der Waals surface area contributed by atoms with Gasteiger partial charge in [0.05, 0.1) is 5.69 Å². The van der Waals surface area contributed by atoms with Crippen LogP contribution in [0.4, 0.5) is 5.69 Å². The molecule has 0 heterocycles. The Labute approximate surface area is 120 Å². The molecule has 2 aromatic rings. The van der Waals surface area contributed by atoms with Crippen LogP contribution in [0, 0.1) is 6.92 Å². The predicted molar refractivity (Wildman–Crippen MR) is 85.4 cm³/mol. The summed E-state index contributed by atoms with van der Waals surface area (Å²) in [6.07, 6.45) is 1.08. The highest BCUT2D eigenvalue weighted by Crippen LogP contribution is 2.35. The monoisotopic (exact) mass is 271 g/mol. The fourth-order valence-corrected chi connectivity index (χ4v) is 3.05. The molecule has 19 heavy (non-hydrogen) atoms. The van der Waals surface area contributed by atoms with E-state index in [1.807, 2.05) is 11.8 Å². The van der Waals surface area contributed by atoms with Crippen LogP contribution in [0.3, 0.4) is 0 Å². The van der Waals surface area contributed by atoms with Gasteiger partial charge in [0.15, 0.2) is 0 Å². The molecule has 0 radical (unpaired) electrons. The van der Waals surface area contributed by atoms with Crippen molar-refractivity contribution in [3.63, 3.8) is 0 Å². The van der Waals surface area contributed by atoms with E-state index in [0.29, 0.717) is 0 Å². The molecule has 0 aliphatic heterocycles. The first-order valence-corrected chi connectivity index (χ1v) is 7.46. The number of nitrogens with zero attached hydrogens (tertiary/aromatic N) is 1. The van der Waals surface area contributed by atoms with Crippen LogP contribution >= 0.6 is 11.8 Å². The summed E-state index contributed by atoms with van der Waals surface area (Å²) in [5, 5.41) is 0. The third kappa shape index (κ3) is 3.54. The van der Waals surface area contributed by atoms with Gasteiger partial charge in [0.1, 0.15) is 0 Å². The van der Waals surface area contributed by atoms with Crippen molar-refractivity contribution in [1.29, 1.82) is 0 Å². The minimum absolute atomic E-state index is 1.08. The van der Waals surface area contributed by atoms with Crippen LogP contribution in [0.5, 0.6) is 0 Å². The Morgan fingerprint density at radius 1 is 1.00 bits per heavy atom. The summed E-state index contributed by atoms with van der Waals surface area (Å²) in [7, 11) is 4.19. The number of benzene rings is 2. The van der Waals surface area contributed by atoms with E-state index in [2.05, 4.69) is 75.3 Å². The Bertz CT molecular complexity index is 544. The van der Waals surface area contributed by atoms with Crippen molar-refractivity contribution in [2.45, 2.75) is 30.1 Å². The molecule has 0 saturated carbocycles. The Morgan fingerprint density at radius 2 is 1.68 bits per heavy atom. The average molecular weight is 271 g/mol. The van der Waals surface area contributed by atoms with Gasteiger partial charge in [-0.15, -0.1) is 0 Å². The lowest BCUT2D eigenvalue weighted by Crippen LogP contribution is -2.09. The van der Waals surface area contributed by atoms with Crippen LogP contribution in [-0.4, -0.2) is 14.1 Å². The number of anilines is 1. The molecule has 0 unspecified atom stereocenters. The number of hydrogen-bond donors (Lipinski definition) is 0. The molecule has 0 N–H and O–H groups in total. The van der Waals surface area contributed by atoms with Crippen LogP contribution in [0.15, 0.2) is 52.3 Å². The zero-order valence-electron chi connectivity index (χ0n) is 12.1. The van der Waals surface area contributed by atoms with Crippen LogP contribution in [0.1, 0.15) is 18.1 Å². The fourth-order valence-electron chi connectivity index (χ4n) is 1.96. The summed E-state index contributed by atoms with van der Waals surface area (Å²) in [6.45, 7) is 4.32. The lowest BCUT2D eigenvalue weighted by Gasteiger charge is -2.18. The highest BCUT2D eigenvalue weighted by atomic mass is 32.2. The summed E-state index contributed by atoms with van der Waals surface area (Å²) >= 11 is 1.84. The molecule has 100 valence electrons. The maximum Gasteiger partial charge on any atom is 0.0503 e. The topological polar surface area (TPSA) is 3.24 Å². The molecule has 0 atom stereocenters. The van der Waals surface area contributed by atoms with Crippen molar-refractivity contribution >= 4 is 17.4 Å². The molecule has 2 heteroatoms. The van der Waals surface area contributed by atoms with E-state index in [1.54, 1.807) is 0 Å². The van der Waals surface area contributed by atoms with Crippen LogP contribution in [0.25, 0.3) is 0 Å². The molecule has 2 aromatic carbocycles. The maximum absolute atomic E-state index is 2.31. The first-order valence-electron chi connectivity index (χ1n) is 6.65. The molecular formula is C17H21NS. The fraction of sp³-hybridized carbons (Fsp3) is 0.294. The van der Waals surface area contributed by atoms with Crippen molar-refractivity contribution in [3.05, 3.63) is 53.6 Å². The average Bonchev–Trinajstić information content (AvgIpc) is 2.41. The summed E-state index contributed by atoms with van der Waals surface area (Å²) in [5.41, 5.74) is 3.97. The summed E-state index contributed by atoms with van der Waals surface area (Å²) in [6, 6.07) is 15.5. The van der Waals surface area contributed by atoms with Gasteiger partial charge in [-0.1, -0.05) is 42.4 Å². The zero-order chi connectivity index (χ0) is 13.8. The Balaban J connectivity index is 2.33. The quantitative estimate of drug-likeness (QED) is 0.787. The van der Waals surface area contributed by atoms with Crippen molar-refractivity contribution < 1.29 is 0 Å². The maximum atomic E-state index is 2.31. The van der Waals surface area contributed by atoms with E-state index >= 15 is 0 Å². The number of aryl methyl sites for hydroxylation is 2. The minimum atomic E-state index is 1.08. The van der Waals surface area contributed by atoms with Gasteiger partial charge in [0.25, 0.3) is 0 Å². The van der Waals surface area contributed by atoms with E-state index in [-0.39, 0.29) is 0 Å². The molecule has 2 rings (SSSR count). The predicted octanol–water partition coefficient (Wildman–Crippen LogP) is 4.77. The van der Waals surface area contributed by atoms with Crippen molar-refractivity contribution in [3.8, 4) is 0 Å². The van der Waals surface area contributed by atoms with E-state index in [4.69, 9.17) is 0 Å². The van der Waals surface area contributed by atoms with E-state index < -0.39 is 0 Å². The normalized spacial score (nSPS) is 10.5. The van der Waals surface area contributed by atoms with Gasteiger partial charge in [-0.25, -0.2) is 0 Å². The molecule has 0 aromatic heterocycles. The van der Waals surface area contributed by atoms with Gasteiger partial charge >= 0.3 is 0 Å². The van der Waals surface area contributed by atoms with Gasteiger partial charge in [-0.05, 0) is 43.2 Å². The van der Waals surface area contributed by atoms with E-state index in [9.17, 15) is 0 Å². The van der Waals surface area contributed by atoms with Gasteiger partial charge in [0.2, 0.25) is 0 Å². The highest BCUT2D eigenvalue weighted by molar-refractivity contribution is 7.99. The smallest absolute Gasteiger partial charge is 0.0503 e. The number of rotatable bonds is 4. The van der Waals surface area contributed by atoms with E-state index in [1.165, 1.54) is 26.6 Å². The van der Waals surface area contributed by atoms with Crippen LogP contribution in [0.2, 0.25) is 0 Å². The minimum Gasteiger partial charge on any atom is -0.377 e. The van der Waals surface area contributed by atoms with Crippen LogP contribution < -0.4 is 4.90 Å². The summed E-state index contributed by atoms with van der Waals surface area (Å²) in [5.74, 6) is 0. The zero-order valence-corrected chi connectivity index (χ0v) is 12.9. The summed E-state index contributed by atoms with van der Waals surface area (Å²) in [4.78, 5) is 4.80. The molecule has 1 nitrogen and oxygen atoms in total. The molecule has 0 amide bonds. The third-order valence-electron chi connectivity index (χ3n) is 3.16. The molecule has 0 bridgehead atoms. The van der Waals surface area contributed by atoms with Gasteiger partial charge in [0, 0.05) is 23.9 Å². The lowest BCUT2D eigenvalue weighted by atomic mass is 10.1. The Kier molecular flexibility index (Phi) is 4.54. The molecule has 0 aliphatic rings. The Morgan fingerprint density at radius 3 is 2.26 bits per heavy atom. The van der Waals surface area contributed by atoms with Gasteiger partial charge < -0.3 is 4.90 Å². The first-order chi connectivity index (χ1) is 9.10. The molecule has 0 saturated heterocycles. The second-order valence-electron chi connectivity index (χ2n) is 4.97. The Hall–Kier alpha value is -1.41. The second-order valence-corrected chi connectivity index (χ2v) is 6.08. The summed E-state index contributed by atoms with van der Waals surface area (Å²) < 4.78 is 0. The van der Waals surface area contributed by atoms with Gasteiger partial charge in [-0.2, -0.15) is 0 Å². The molecule has 0 spiro atoms. The van der Waals surface area contributed by atoms with Crippen LogP contribution in [-0.2, 0) is 6.42 Å². The third-order valence-corrected chi connectivity index (χ3v) is 4.22. The molecular weight excluding hydrogens is 250 g/mol. The SMILES string of the molecule is CCc1ccc(N(C)C)c(Sc2ccc(C)cc2)c1. The van der Waals surface area contributed by atoms with E-state index in [0.717, 1.165) is 6.42 Å². The molecule has 0 fully saturated rings. The van der Waals surface area contributed by atoms with Crippen molar-refractivity contribution in [2.24, 2.45) is 0 Å². The first kappa shape index (κ1) is 14.0. The largest absolute Gasteiger partial charge is 0.377 e.